The predicted octanol–water partition coefficient (Wildman–Crippen LogP) is 3.05. The number of hydrazine groups is 1. The summed E-state index contributed by atoms with van der Waals surface area (Å²) in [5.41, 5.74) is 2.79. The van der Waals surface area contributed by atoms with Gasteiger partial charge in [0, 0.05) is 26.6 Å². The first-order valence-electron chi connectivity index (χ1n) is 13.1. The van der Waals surface area contributed by atoms with E-state index in [2.05, 4.69) is 5.32 Å². The van der Waals surface area contributed by atoms with E-state index in [9.17, 15) is 18.8 Å². The summed E-state index contributed by atoms with van der Waals surface area (Å²) >= 11 is 0. The van der Waals surface area contributed by atoms with E-state index in [4.69, 9.17) is 0 Å². The molecule has 2 atom stereocenters. The van der Waals surface area contributed by atoms with Gasteiger partial charge in [-0.1, -0.05) is 72.8 Å². The number of carbonyl (C=O) groups is 3. The van der Waals surface area contributed by atoms with Crippen molar-refractivity contribution in [3.05, 3.63) is 107 Å². The Hall–Kier alpha value is -4.24. The van der Waals surface area contributed by atoms with Crippen molar-refractivity contribution in [1.82, 2.24) is 25.1 Å². The lowest BCUT2D eigenvalue weighted by atomic mass is 9.98. The van der Waals surface area contributed by atoms with E-state index in [0.717, 1.165) is 16.7 Å². The lowest BCUT2D eigenvalue weighted by Crippen LogP contribution is -2.76. The van der Waals surface area contributed by atoms with Gasteiger partial charge >= 0.3 is 6.03 Å². The molecule has 3 aromatic carbocycles. The van der Waals surface area contributed by atoms with Crippen LogP contribution in [0.2, 0.25) is 0 Å². The summed E-state index contributed by atoms with van der Waals surface area (Å²) in [6, 6.07) is 24.3. The van der Waals surface area contributed by atoms with E-state index >= 15 is 0 Å². The molecule has 8 nitrogen and oxygen atoms in total. The molecule has 0 aromatic heterocycles. The van der Waals surface area contributed by atoms with E-state index in [1.54, 1.807) is 39.0 Å². The van der Waals surface area contributed by atoms with Crippen LogP contribution in [0.5, 0.6) is 0 Å². The van der Waals surface area contributed by atoms with Crippen molar-refractivity contribution in [1.29, 1.82) is 0 Å². The molecule has 2 fully saturated rings. The van der Waals surface area contributed by atoms with Gasteiger partial charge in [-0.05, 0) is 35.2 Å². The number of hydrogen-bond donors (Lipinski definition) is 1. The molecule has 0 bridgehead atoms. The third-order valence-electron chi connectivity index (χ3n) is 7.29. The van der Waals surface area contributed by atoms with Gasteiger partial charge in [-0.25, -0.2) is 19.2 Å². The molecule has 3 aromatic rings. The highest BCUT2D eigenvalue weighted by molar-refractivity contribution is 5.91. The number of urea groups is 1. The average molecular weight is 530 g/mol. The van der Waals surface area contributed by atoms with E-state index in [1.807, 2.05) is 60.7 Å². The Kier molecular flexibility index (Phi) is 7.88. The van der Waals surface area contributed by atoms with Gasteiger partial charge in [0.05, 0.1) is 13.1 Å². The third-order valence-corrected chi connectivity index (χ3v) is 7.29. The molecule has 2 heterocycles. The summed E-state index contributed by atoms with van der Waals surface area (Å²) in [6.45, 7) is 0.942. The van der Waals surface area contributed by atoms with Crippen molar-refractivity contribution in [3.63, 3.8) is 0 Å². The number of halogens is 1. The highest BCUT2D eigenvalue weighted by Crippen LogP contribution is 2.28. The SMILES string of the molecule is CN1CC(=O)N2[C@@H](Cc3ccc(F)cc3)C(=O)N(CCc3ccccc3)C[C@@H]2N1C(=O)NCc1ccccc1. The maximum atomic E-state index is 13.8. The van der Waals surface area contributed by atoms with Crippen LogP contribution in [0.4, 0.5) is 9.18 Å². The number of piperazine rings is 1. The molecule has 0 aliphatic carbocycles. The maximum Gasteiger partial charge on any atom is 0.334 e. The molecule has 0 saturated carbocycles. The number of fused-ring (bicyclic) bond motifs is 1. The number of benzene rings is 3. The number of likely N-dealkylation sites (N-methyl/N-ethyl adjacent to an activating group) is 1. The number of amides is 4. The van der Waals surface area contributed by atoms with E-state index in [0.29, 0.717) is 19.5 Å². The molecule has 2 aliphatic rings. The lowest BCUT2D eigenvalue weighted by molar-refractivity contribution is -0.186. The quantitative estimate of drug-likeness (QED) is 0.511. The van der Waals surface area contributed by atoms with Crippen LogP contribution in [0.3, 0.4) is 0 Å². The van der Waals surface area contributed by atoms with Crippen molar-refractivity contribution in [3.8, 4) is 0 Å². The molecule has 1 N–H and O–H groups in total. The Morgan fingerprint density at radius 1 is 0.897 bits per heavy atom. The number of carbonyl (C=O) groups excluding carboxylic acids is 3. The van der Waals surface area contributed by atoms with Crippen molar-refractivity contribution in [2.75, 3.05) is 26.7 Å². The minimum atomic E-state index is -0.810. The van der Waals surface area contributed by atoms with Gasteiger partial charge in [0.2, 0.25) is 11.8 Å². The average Bonchev–Trinajstić information content (AvgIpc) is 2.94. The van der Waals surface area contributed by atoms with Gasteiger partial charge in [0.25, 0.3) is 0 Å². The van der Waals surface area contributed by atoms with Crippen molar-refractivity contribution in [2.45, 2.75) is 31.6 Å². The van der Waals surface area contributed by atoms with E-state index in [1.165, 1.54) is 12.1 Å². The van der Waals surface area contributed by atoms with Crippen LogP contribution in [-0.4, -0.2) is 76.6 Å². The molecule has 39 heavy (non-hydrogen) atoms. The first-order valence-corrected chi connectivity index (χ1v) is 13.1. The van der Waals surface area contributed by atoms with Crippen molar-refractivity contribution >= 4 is 17.8 Å². The second-order valence-corrected chi connectivity index (χ2v) is 9.95. The van der Waals surface area contributed by atoms with Gasteiger partial charge in [0.15, 0.2) is 0 Å². The molecular formula is C30H32FN5O3. The first-order chi connectivity index (χ1) is 18.9. The summed E-state index contributed by atoms with van der Waals surface area (Å²) in [7, 11) is 1.71. The standard InChI is InChI=1S/C30H32FN5O3/c1-33-21-28(37)35-26(18-23-12-14-25(31)15-13-23)29(38)34(17-16-22-8-4-2-5-9-22)20-27(35)36(33)30(39)32-19-24-10-6-3-7-11-24/h2-15,26-27H,16-21H2,1H3,(H,32,39)/t26-,27-/m0/s1. The summed E-state index contributed by atoms with van der Waals surface area (Å²) in [6.07, 6.45) is 0.199. The van der Waals surface area contributed by atoms with Gasteiger partial charge in [-0.2, -0.15) is 0 Å². The van der Waals surface area contributed by atoms with E-state index in [-0.39, 0.29) is 43.2 Å². The van der Waals surface area contributed by atoms with Crippen LogP contribution in [0.25, 0.3) is 0 Å². The largest absolute Gasteiger partial charge is 0.337 e. The van der Waals surface area contributed by atoms with Crippen LogP contribution in [0.15, 0.2) is 84.9 Å². The monoisotopic (exact) mass is 529 g/mol. The third kappa shape index (κ3) is 5.93. The number of hydrogen-bond acceptors (Lipinski definition) is 4. The van der Waals surface area contributed by atoms with Crippen LogP contribution >= 0.6 is 0 Å². The van der Waals surface area contributed by atoms with Crippen LogP contribution in [0.1, 0.15) is 16.7 Å². The predicted molar refractivity (Wildman–Crippen MR) is 144 cm³/mol. The van der Waals surface area contributed by atoms with Crippen molar-refractivity contribution < 1.29 is 18.8 Å². The Labute approximate surface area is 227 Å². The normalized spacial score (nSPS) is 19.7. The zero-order chi connectivity index (χ0) is 27.4. The zero-order valence-electron chi connectivity index (χ0n) is 21.9. The molecule has 202 valence electrons. The minimum Gasteiger partial charge on any atom is -0.337 e. The van der Waals surface area contributed by atoms with Crippen LogP contribution in [0, 0.1) is 5.82 Å². The Bertz CT molecular complexity index is 1310. The summed E-state index contributed by atoms with van der Waals surface area (Å²) in [4.78, 5) is 44.0. The molecule has 0 radical (unpaired) electrons. The maximum absolute atomic E-state index is 13.8. The topological polar surface area (TPSA) is 76.2 Å². The summed E-state index contributed by atoms with van der Waals surface area (Å²) < 4.78 is 13.6. The smallest absolute Gasteiger partial charge is 0.334 e. The van der Waals surface area contributed by atoms with E-state index < -0.39 is 12.2 Å². The van der Waals surface area contributed by atoms with Gasteiger partial charge in [-0.15, -0.1) is 0 Å². The molecular weight excluding hydrogens is 497 g/mol. The second-order valence-electron chi connectivity index (χ2n) is 9.95. The van der Waals surface area contributed by atoms with Crippen LogP contribution < -0.4 is 5.32 Å². The minimum absolute atomic E-state index is 0.0352. The van der Waals surface area contributed by atoms with Crippen LogP contribution in [-0.2, 0) is 29.0 Å². The number of nitrogens with zero attached hydrogens (tertiary/aromatic N) is 4. The number of nitrogens with one attached hydrogen (secondary N) is 1. The Balaban J connectivity index is 1.42. The van der Waals surface area contributed by atoms with Gasteiger partial charge in [0.1, 0.15) is 18.0 Å². The zero-order valence-corrected chi connectivity index (χ0v) is 21.9. The Morgan fingerprint density at radius 2 is 1.54 bits per heavy atom. The second kappa shape index (κ2) is 11.7. The molecule has 0 unspecified atom stereocenters. The fourth-order valence-electron chi connectivity index (χ4n) is 5.31. The molecule has 4 amide bonds. The van der Waals surface area contributed by atoms with Gasteiger partial charge < -0.3 is 15.1 Å². The molecule has 5 rings (SSSR count). The molecule has 2 aliphatic heterocycles. The van der Waals surface area contributed by atoms with Gasteiger partial charge in [-0.3, -0.25) is 9.59 Å². The fraction of sp³-hybridized carbons (Fsp3) is 0.300. The first kappa shape index (κ1) is 26.4. The van der Waals surface area contributed by atoms with Crippen molar-refractivity contribution in [2.24, 2.45) is 0 Å². The molecule has 0 spiro atoms. The molecule has 2 saturated heterocycles. The summed E-state index contributed by atoms with van der Waals surface area (Å²) in [5.74, 6) is -0.764. The lowest BCUT2D eigenvalue weighted by Gasteiger charge is -2.54. The highest BCUT2D eigenvalue weighted by Gasteiger charge is 2.50. The summed E-state index contributed by atoms with van der Waals surface area (Å²) in [5, 5.41) is 6.12. The fourth-order valence-corrected chi connectivity index (χ4v) is 5.31. The number of rotatable bonds is 7. The highest BCUT2D eigenvalue weighted by atomic mass is 19.1. The Morgan fingerprint density at radius 3 is 2.21 bits per heavy atom. The molecule has 9 heteroatoms.